The summed E-state index contributed by atoms with van der Waals surface area (Å²) in [7, 11) is 5.13. The summed E-state index contributed by atoms with van der Waals surface area (Å²) in [5, 5.41) is 0. The van der Waals surface area contributed by atoms with Gasteiger partial charge in [0, 0.05) is 26.7 Å². The minimum absolute atomic E-state index is 0.0203. The van der Waals surface area contributed by atoms with Crippen molar-refractivity contribution < 1.29 is 14.2 Å². The fourth-order valence-corrected chi connectivity index (χ4v) is 4.33. The molecule has 1 atom stereocenters. The Morgan fingerprint density at radius 2 is 1.79 bits per heavy atom. The Bertz CT molecular complexity index is 917. The van der Waals surface area contributed by atoms with Gasteiger partial charge in [0.2, 0.25) is 0 Å². The second-order valence-electron chi connectivity index (χ2n) is 7.67. The number of methoxy groups -OCH3 is 3. The van der Waals surface area contributed by atoms with Crippen LogP contribution >= 0.6 is 0 Å². The maximum atomic E-state index is 5.86. The molecule has 0 fully saturated rings. The number of nitrogens with zero attached hydrogens (tertiary/aromatic N) is 1. The minimum Gasteiger partial charge on any atom is -0.493 e. The quantitative estimate of drug-likeness (QED) is 0.714. The first-order valence-corrected chi connectivity index (χ1v) is 10.1. The molecule has 1 unspecified atom stereocenters. The molecule has 2 aromatic rings. The van der Waals surface area contributed by atoms with Gasteiger partial charge in [-0.3, -0.25) is 4.90 Å². The van der Waals surface area contributed by atoms with E-state index >= 15 is 0 Å². The summed E-state index contributed by atoms with van der Waals surface area (Å²) in [5.74, 6) is 1.53. The number of hydrogen-bond donors (Lipinski definition) is 0. The van der Waals surface area contributed by atoms with Gasteiger partial charge in [0.05, 0.1) is 14.2 Å². The first kappa shape index (κ1) is 19.7. The van der Waals surface area contributed by atoms with E-state index in [-0.39, 0.29) is 6.10 Å². The molecule has 2 aromatic carbocycles. The number of benzene rings is 2. The molecule has 29 heavy (non-hydrogen) atoms. The molecule has 4 heteroatoms. The van der Waals surface area contributed by atoms with Gasteiger partial charge in [-0.15, -0.1) is 0 Å². The third-order valence-electron chi connectivity index (χ3n) is 5.84. The topological polar surface area (TPSA) is 30.9 Å². The highest BCUT2D eigenvalue weighted by Gasteiger charge is 2.29. The zero-order valence-corrected chi connectivity index (χ0v) is 17.5. The molecule has 1 aliphatic carbocycles. The molecule has 4 nitrogen and oxygen atoms in total. The molecule has 0 N–H and O–H groups in total. The van der Waals surface area contributed by atoms with Gasteiger partial charge in [0.1, 0.15) is 6.10 Å². The van der Waals surface area contributed by atoms with Crippen LogP contribution in [0.4, 0.5) is 0 Å². The lowest BCUT2D eigenvalue weighted by Crippen LogP contribution is -2.28. The predicted octanol–water partition coefficient (Wildman–Crippen LogP) is 4.71. The maximum Gasteiger partial charge on any atom is 0.161 e. The molecule has 2 aliphatic rings. The van der Waals surface area contributed by atoms with Gasteiger partial charge >= 0.3 is 0 Å². The lowest BCUT2D eigenvalue weighted by molar-refractivity contribution is 0.136. The molecular weight excluding hydrogens is 362 g/mol. The summed E-state index contributed by atoms with van der Waals surface area (Å²) >= 11 is 0. The summed E-state index contributed by atoms with van der Waals surface area (Å²) in [6.45, 7) is 3.07. The normalized spacial score (nSPS) is 20.4. The summed E-state index contributed by atoms with van der Waals surface area (Å²) < 4.78 is 16.8. The van der Waals surface area contributed by atoms with E-state index in [1.807, 2.05) is 0 Å². The maximum absolute atomic E-state index is 5.86. The minimum atomic E-state index is -0.0203. The van der Waals surface area contributed by atoms with Gasteiger partial charge in [0.25, 0.3) is 0 Å². The van der Waals surface area contributed by atoms with Crippen molar-refractivity contribution >= 4 is 0 Å². The van der Waals surface area contributed by atoms with Crippen molar-refractivity contribution in [2.75, 3.05) is 34.4 Å². The molecular formula is C25H29NO3. The molecule has 0 saturated carbocycles. The van der Waals surface area contributed by atoms with Crippen molar-refractivity contribution in [2.45, 2.75) is 25.5 Å². The van der Waals surface area contributed by atoms with Crippen LogP contribution < -0.4 is 9.47 Å². The Hall–Kier alpha value is -2.56. The standard InChI is InChI=1S/C25H29NO3/c1-27-23-15-20-14-21(25(29-3)22(20)16-24(23)28-2)13-18-9-11-26(12-10-18)17-19-7-5-4-6-8-19/h4-9,13,15-16,25H,10-12,14,17H2,1-3H3. The molecule has 4 rings (SSSR count). The second kappa shape index (κ2) is 8.85. The predicted molar refractivity (Wildman–Crippen MR) is 116 cm³/mol. The van der Waals surface area contributed by atoms with Gasteiger partial charge in [0.15, 0.2) is 11.5 Å². The Morgan fingerprint density at radius 3 is 2.45 bits per heavy atom. The zero-order valence-electron chi connectivity index (χ0n) is 17.5. The molecule has 0 spiro atoms. The van der Waals surface area contributed by atoms with E-state index in [4.69, 9.17) is 14.2 Å². The van der Waals surface area contributed by atoms with Gasteiger partial charge < -0.3 is 14.2 Å². The number of rotatable bonds is 6. The second-order valence-corrected chi connectivity index (χ2v) is 7.67. The molecule has 0 radical (unpaired) electrons. The van der Waals surface area contributed by atoms with Crippen LogP contribution in [0.1, 0.15) is 29.2 Å². The van der Waals surface area contributed by atoms with E-state index in [2.05, 4.69) is 59.5 Å². The van der Waals surface area contributed by atoms with E-state index in [0.29, 0.717) is 0 Å². The van der Waals surface area contributed by atoms with Crippen LogP contribution in [0.5, 0.6) is 11.5 Å². The van der Waals surface area contributed by atoms with Crippen LogP contribution in [0.25, 0.3) is 0 Å². The van der Waals surface area contributed by atoms with Crippen LogP contribution in [0.2, 0.25) is 0 Å². The average Bonchev–Trinajstić information content (AvgIpc) is 3.10. The largest absolute Gasteiger partial charge is 0.493 e. The summed E-state index contributed by atoms with van der Waals surface area (Å²) in [5.41, 5.74) is 6.51. The Kier molecular flexibility index (Phi) is 6.02. The fourth-order valence-electron chi connectivity index (χ4n) is 4.33. The van der Waals surface area contributed by atoms with Crippen LogP contribution in [-0.4, -0.2) is 39.3 Å². The third kappa shape index (κ3) is 4.24. The lowest BCUT2D eigenvalue weighted by Gasteiger charge is -2.26. The Labute approximate surface area is 173 Å². The average molecular weight is 392 g/mol. The molecule has 0 saturated heterocycles. The summed E-state index contributed by atoms with van der Waals surface area (Å²) in [6.07, 6.45) is 6.63. The van der Waals surface area contributed by atoms with E-state index in [9.17, 15) is 0 Å². The molecule has 152 valence electrons. The van der Waals surface area contributed by atoms with Crippen LogP contribution in [-0.2, 0) is 17.7 Å². The van der Waals surface area contributed by atoms with E-state index in [0.717, 1.165) is 44.0 Å². The highest BCUT2D eigenvalue weighted by Crippen LogP contribution is 2.44. The SMILES string of the molecule is COc1cc2c(cc1OC)C(OC)C(=CC1=CCN(Cc3ccccc3)CC1)C2. The highest BCUT2D eigenvalue weighted by atomic mass is 16.5. The molecule has 0 bridgehead atoms. The smallest absolute Gasteiger partial charge is 0.161 e. The molecule has 1 aliphatic heterocycles. The van der Waals surface area contributed by atoms with Crippen LogP contribution in [0, 0.1) is 0 Å². The monoisotopic (exact) mass is 391 g/mol. The summed E-state index contributed by atoms with van der Waals surface area (Å²) in [6, 6.07) is 14.8. The van der Waals surface area contributed by atoms with E-state index in [1.165, 1.54) is 27.8 Å². The van der Waals surface area contributed by atoms with Gasteiger partial charge in [-0.2, -0.15) is 0 Å². The number of ether oxygens (including phenoxy) is 3. The Balaban J connectivity index is 1.49. The zero-order chi connectivity index (χ0) is 20.2. The van der Waals surface area contributed by atoms with Gasteiger partial charge in [-0.05, 0) is 52.8 Å². The van der Waals surface area contributed by atoms with Crippen LogP contribution in [0.3, 0.4) is 0 Å². The van der Waals surface area contributed by atoms with Crippen molar-refractivity contribution in [1.29, 1.82) is 0 Å². The van der Waals surface area contributed by atoms with E-state index in [1.54, 1.807) is 21.3 Å². The lowest BCUT2D eigenvalue weighted by atomic mass is 10.0. The summed E-state index contributed by atoms with van der Waals surface area (Å²) in [4.78, 5) is 2.49. The first-order chi connectivity index (χ1) is 14.2. The van der Waals surface area contributed by atoms with Crippen molar-refractivity contribution in [3.05, 3.63) is 82.5 Å². The molecule has 0 aromatic heterocycles. The molecule has 1 heterocycles. The van der Waals surface area contributed by atoms with Crippen molar-refractivity contribution in [1.82, 2.24) is 4.90 Å². The van der Waals surface area contributed by atoms with Crippen molar-refractivity contribution in [2.24, 2.45) is 0 Å². The Morgan fingerprint density at radius 1 is 1.03 bits per heavy atom. The first-order valence-electron chi connectivity index (χ1n) is 10.1. The van der Waals surface area contributed by atoms with Crippen molar-refractivity contribution in [3.63, 3.8) is 0 Å². The third-order valence-corrected chi connectivity index (χ3v) is 5.84. The van der Waals surface area contributed by atoms with Gasteiger partial charge in [-0.25, -0.2) is 0 Å². The van der Waals surface area contributed by atoms with Crippen molar-refractivity contribution in [3.8, 4) is 11.5 Å². The van der Waals surface area contributed by atoms with Crippen LogP contribution in [0.15, 0.2) is 65.8 Å². The molecule has 0 amide bonds. The number of hydrogen-bond acceptors (Lipinski definition) is 4. The fraction of sp³-hybridized carbons (Fsp3) is 0.360. The number of fused-ring (bicyclic) bond motifs is 1. The van der Waals surface area contributed by atoms with E-state index < -0.39 is 0 Å². The highest BCUT2D eigenvalue weighted by molar-refractivity contribution is 5.55. The number of allylic oxidation sites excluding steroid dienone is 1. The van der Waals surface area contributed by atoms with Gasteiger partial charge in [-0.1, -0.05) is 42.5 Å².